The summed E-state index contributed by atoms with van der Waals surface area (Å²) >= 11 is 0. The summed E-state index contributed by atoms with van der Waals surface area (Å²) in [6.45, 7) is 9.60. The molecule has 0 spiro atoms. The summed E-state index contributed by atoms with van der Waals surface area (Å²) in [4.78, 5) is 85.2. The van der Waals surface area contributed by atoms with Crippen LogP contribution in [0.2, 0.25) is 0 Å². The Balaban J connectivity index is 0.000000402. The topological polar surface area (TPSA) is 189 Å². The zero-order chi connectivity index (χ0) is 41.4. The maximum atomic E-state index is 12.8. The zero-order valence-electron chi connectivity index (χ0n) is 32.9. The van der Waals surface area contributed by atoms with Gasteiger partial charge in [0.1, 0.15) is 6.10 Å². The van der Waals surface area contributed by atoms with Crippen LogP contribution in [0.25, 0.3) is 0 Å². The molecule has 55 heavy (non-hydrogen) atoms. The molecule has 14 nitrogen and oxygen atoms in total. The third-order valence-corrected chi connectivity index (χ3v) is 8.70. The van der Waals surface area contributed by atoms with Crippen molar-refractivity contribution in [2.24, 2.45) is 11.8 Å². The Morgan fingerprint density at radius 2 is 0.982 bits per heavy atom. The van der Waals surface area contributed by atoms with E-state index in [2.05, 4.69) is 0 Å². The fraction of sp³-hybridized carbons (Fsp3) is 0.439. The second-order valence-corrected chi connectivity index (χ2v) is 13.2. The number of carbonyl (C=O) groups excluding carboxylic acids is 6. The number of hydrogen-bond acceptors (Lipinski definition) is 12. The average Bonchev–Trinajstić information content (AvgIpc) is 3.16. The molecule has 0 unspecified atom stereocenters. The Labute approximate surface area is 321 Å². The van der Waals surface area contributed by atoms with Gasteiger partial charge in [0, 0.05) is 51.3 Å². The maximum Gasteiger partial charge on any atom is 0.335 e. The number of carboxylic acids is 1. The fourth-order valence-corrected chi connectivity index (χ4v) is 5.97. The van der Waals surface area contributed by atoms with Crippen molar-refractivity contribution in [1.29, 1.82) is 0 Å². The lowest BCUT2D eigenvalue weighted by Crippen LogP contribution is -2.41. The first kappa shape index (κ1) is 45.4. The summed E-state index contributed by atoms with van der Waals surface area (Å²) in [5, 5.41) is 8.90. The van der Waals surface area contributed by atoms with Gasteiger partial charge in [-0.2, -0.15) is 0 Å². The molecular formula is C41H51NO13. The van der Waals surface area contributed by atoms with E-state index >= 15 is 0 Å². The summed E-state index contributed by atoms with van der Waals surface area (Å²) < 4.78 is 24.5. The van der Waals surface area contributed by atoms with E-state index in [-0.39, 0.29) is 70.5 Å². The van der Waals surface area contributed by atoms with Crippen LogP contribution in [0.1, 0.15) is 79.3 Å². The van der Waals surface area contributed by atoms with Crippen molar-refractivity contribution in [2.75, 3.05) is 41.5 Å². The summed E-state index contributed by atoms with van der Waals surface area (Å²) in [5.41, 5.74) is 3.10. The highest BCUT2D eigenvalue weighted by molar-refractivity contribution is 6.02. The number of likely N-dealkylation sites (tertiary alicyclic amines) is 1. The van der Waals surface area contributed by atoms with Gasteiger partial charge in [-0.05, 0) is 47.2 Å². The van der Waals surface area contributed by atoms with Crippen molar-refractivity contribution in [1.82, 2.24) is 4.90 Å². The number of rotatable bonds is 13. The van der Waals surface area contributed by atoms with Gasteiger partial charge in [0.15, 0.2) is 0 Å². The quantitative estimate of drug-likeness (QED) is 0.165. The van der Waals surface area contributed by atoms with Crippen LogP contribution < -0.4 is 0 Å². The van der Waals surface area contributed by atoms with Crippen LogP contribution in [0.3, 0.4) is 0 Å². The van der Waals surface area contributed by atoms with E-state index in [0.717, 1.165) is 5.56 Å². The fourth-order valence-electron chi connectivity index (χ4n) is 5.97. The van der Waals surface area contributed by atoms with Crippen LogP contribution in [-0.4, -0.2) is 99.4 Å². The zero-order valence-corrected chi connectivity index (χ0v) is 32.9. The number of carboxylic acid groups (broad SMARTS) is 1. The minimum Gasteiger partial charge on any atom is -0.478 e. The average molecular weight is 766 g/mol. The third kappa shape index (κ3) is 13.2. The van der Waals surface area contributed by atoms with Gasteiger partial charge in [-0.25, -0.2) is 24.0 Å². The van der Waals surface area contributed by atoms with Crippen LogP contribution in [-0.2, 0) is 60.5 Å². The van der Waals surface area contributed by atoms with Crippen molar-refractivity contribution in [3.05, 3.63) is 93.1 Å². The first-order chi connectivity index (χ1) is 26.0. The highest BCUT2D eigenvalue weighted by atomic mass is 16.5. The largest absolute Gasteiger partial charge is 0.478 e. The number of hydrogen-bond donors (Lipinski definition) is 1. The predicted molar refractivity (Wildman–Crippen MR) is 200 cm³/mol. The van der Waals surface area contributed by atoms with E-state index in [1.165, 1.54) is 47.5 Å². The molecule has 0 bridgehead atoms. The highest BCUT2D eigenvalue weighted by Crippen LogP contribution is 2.24. The number of methoxy groups -OCH3 is 4. The molecule has 1 aliphatic rings. The highest BCUT2D eigenvalue weighted by Gasteiger charge is 2.28. The minimum atomic E-state index is -1.03. The molecule has 1 amide bonds. The number of amides is 1. The van der Waals surface area contributed by atoms with Crippen molar-refractivity contribution in [3.8, 4) is 0 Å². The molecule has 0 radical (unpaired) electrons. The molecule has 0 atom stereocenters. The second kappa shape index (κ2) is 21.8. The molecule has 3 rings (SSSR count). The third-order valence-electron chi connectivity index (χ3n) is 8.70. The number of esters is 5. The lowest BCUT2D eigenvalue weighted by molar-refractivity contribution is -0.148. The number of benzene rings is 2. The van der Waals surface area contributed by atoms with Crippen LogP contribution >= 0.6 is 0 Å². The molecule has 298 valence electrons. The van der Waals surface area contributed by atoms with E-state index < -0.39 is 29.8 Å². The lowest BCUT2D eigenvalue weighted by Gasteiger charge is -2.31. The monoisotopic (exact) mass is 765 g/mol. The van der Waals surface area contributed by atoms with Crippen LogP contribution in [0.15, 0.2) is 70.8 Å². The van der Waals surface area contributed by atoms with Crippen LogP contribution in [0, 0.1) is 11.8 Å². The molecule has 14 heteroatoms. The molecule has 1 aliphatic heterocycles. The minimum absolute atomic E-state index is 0.0982. The van der Waals surface area contributed by atoms with Gasteiger partial charge in [-0.15, -0.1) is 0 Å². The Hall–Kier alpha value is -5.79. The van der Waals surface area contributed by atoms with Crippen molar-refractivity contribution < 1.29 is 62.4 Å². The molecule has 0 aromatic heterocycles. The summed E-state index contributed by atoms with van der Waals surface area (Å²) in [7, 11) is 5.03. The number of nitrogens with zero attached hydrogens (tertiary/aromatic N) is 1. The van der Waals surface area contributed by atoms with E-state index in [9.17, 15) is 33.6 Å². The molecule has 0 saturated carbocycles. The summed E-state index contributed by atoms with van der Waals surface area (Å²) in [5.74, 6) is -4.24. The predicted octanol–water partition coefficient (Wildman–Crippen LogP) is 4.92. The van der Waals surface area contributed by atoms with Gasteiger partial charge in [0.2, 0.25) is 0 Å². The Kier molecular flexibility index (Phi) is 18.0. The van der Waals surface area contributed by atoms with Crippen molar-refractivity contribution >= 4 is 41.7 Å². The van der Waals surface area contributed by atoms with E-state index in [4.69, 9.17) is 28.8 Å². The van der Waals surface area contributed by atoms with Gasteiger partial charge in [0.05, 0.1) is 56.3 Å². The molecule has 2 aromatic carbocycles. The maximum absolute atomic E-state index is 12.8. The van der Waals surface area contributed by atoms with E-state index in [0.29, 0.717) is 37.1 Å². The molecule has 1 fully saturated rings. The van der Waals surface area contributed by atoms with Gasteiger partial charge in [-0.1, -0.05) is 52.0 Å². The SMILES string of the molecule is COC(=O)/C(Cc1ccc(C(=O)N2CCC(OC(C)=O)CC2)cc1)=C(\C(=O)OC)C(C)C.COC(=O)/C(Cc1ccc(C(=O)O)cc1)=C(\C(=O)OC)C(C)C. The summed E-state index contributed by atoms with van der Waals surface area (Å²) in [6.07, 6.45) is 1.41. The molecule has 0 aliphatic carbocycles. The van der Waals surface area contributed by atoms with Gasteiger partial charge >= 0.3 is 35.8 Å². The standard InChI is InChI=1S/C24H31NO7.C17H20O6/c1-15(2)21(24(29)31-5)20(23(28)30-4)14-17-6-8-18(9-7-17)22(27)25-12-10-19(11-13-25)32-16(3)26;1-10(2)14(17(21)23-4)13(16(20)22-3)9-11-5-7-12(8-6-11)15(18)19/h6-9,15,19H,10-14H2,1-5H3;5-8,10H,9H2,1-4H3,(H,18,19)/b21-20-;14-13-. The number of carbonyl (C=O) groups is 7. The van der Waals surface area contributed by atoms with E-state index in [1.54, 1.807) is 55.1 Å². The Morgan fingerprint density at radius 1 is 0.618 bits per heavy atom. The van der Waals surface area contributed by atoms with Crippen LogP contribution in [0.4, 0.5) is 0 Å². The number of aromatic carboxylic acids is 1. The molecular weight excluding hydrogens is 714 g/mol. The number of piperidine rings is 1. The molecule has 1 saturated heterocycles. The van der Waals surface area contributed by atoms with Gasteiger partial charge < -0.3 is 33.7 Å². The Morgan fingerprint density at radius 3 is 1.29 bits per heavy atom. The molecule has 1 heterocycles. The van der Waals surface area contributed by atoms with Crippen molar-refractivity contribution in [3.63, 3.8) is 0 Å². The second-order valence-electron chi connectivity index (χ2n) is 13.2. The summed E-state index contributed by atoms with van der Waals surface area (Å²) in [6, 6.07) is 13.0. The van der Waals surface area contributed by atoms with Crippen molar-refractivity contribution in [2.45, 2.75) is 66.4 Å². The normalized spacial score (nSPS) is 13.7. The number of ether oxygens (including phenoxy) is 5. The first-order valence-electron chi connectivity index (χ1n) is 17.7. The first-order valence-corrected chi connectivity index (χ1v) is 17.7. The Bertz CT molecular complexity index is 1760. The molecule has 2 aromatic rings. The van der Waals surface area contributed by atoms with E-state index in [1.807, 2.05) is 13.8 Å². The van der Waals surface area contributed by atoms with Crippen LogP contribution in [0.5, 0.6) is 0 Å². The molecule has 1 N–H and O–H groups in total. The van der Waals surface area contributed by atoms with Gasteiger partial charge in [0.25, 0.3) is 5.91 Å². The smallest absolute Gasteiger partial charge is 0.335 e. The lowest BCUT2D eigenvalue weighted by atomic mass is 9.92. The van der Waals surface area contributed by atoms with Gasteiger partial charge in [-0.3, -0.25) is 9.59 Å².